The number of thiophene rings is 1. The molecule has 0 atom stereocenters. The molecule has 4 aromatic heterocycles. The van der Waals surface area contributed by atoms with Gasteiger partial charge < -0.3 is 4.98 Å². The molecule has 3 aliphatic heterocycles. The van der Waals surface area contributed by atoms with E-state index in [4.69, 9.17) is 9.72 Å². The van der Waals surface area contributed by atoms with Gasteiger partial charge in [0.1, 0.15) is 10.7 Å². The van der Waals surface area contributed by atoms with Crippen LogP contribution in [0.1, 0.15) is 44.7 Å². The molecule has 0 unspecified atom stereocenters. The number of aromatic amines is 1. The number of carbonyl (C=O) groups is 2. The van der Waals surface area contributed by atoms with E-state index in [1.807, 2.05) is 49.5 Å². The summed E-state index contributed by atoms with van der Waals surface area (Å²) in [5.41, 5.74) is 6.39. The number of halogens is 2. The molecule has 1 spiro atoms. The Hall–Kier alpha value is -4.53. The number of imidazole rings is 1. The Kier molecular flexibility index (Phi) is 8.19. The number of amides is 2. The summed E-state index contributed by atoms with van der Waals surface area (Å²) in [7, 11) is 0. The minimum atomic E-state index is -1.55. The van der Waals surface area contributed by atoms with Crippen molar-refractivity contribution >= 4 is 65.4 Å². The van der Waals surface area contributed by atoms with Gasteiger partial charge in [-0.1, -0.05) is 12.1 Å². The van der Waals surface area contributed by atoms with E-state index in [9.17, 15) is 9.59 Å². The van der Waals surface area contributed by atoms with E-state index in [0.717, 1.165) is 46.4 Å². The molecule has 51 heavy (non-hydrogen) atoms. The van der Waals surface area contributed by atoms with Gasteiger partial charge in [0.15, 0.2) is 5.82 Å². The van der Waals surface area contributed by atoms with Crippen molar-refractivity contribution in [2.45, 2.75) is 26.2 Å². The number of ether oxygens (including phenoxy) is 1. The number of hydrogen-bond acceptors (Lipinski definition) is 7. The van der Waals surface area contributed by atoms with E-state index < -0.39 is 19.8 Å². The predicted octanol–water partition coefficient (Wildman–Crippen LogP) is 8.14. The van der Waals surface area contributed by atoms with Crippen molar-refractivity contribution in [3.8, 4) is 21.3 Å². The number of hydrogen-bond donors (Lipinski definition) is 2. The Morgan fingerprint density at radius 3 is 2.63 bits per heavy atom. The molecule has 2 aromatic carbocycles. The second-order valence-electron chi connectivity index (χ2n) is 13.5. The van der Waals surface area contributed by atoms with Crippen molar-refractivity contribution in [2.24, 2.45) is 5.41 Å². The number of anilines is 2. The van der Waals surface area contributed by atoms with E-state index in [1.165, 1.54) is 20.2 Å². The first-order chi connectivity index (χ1) is 24.9. The Morgan fingerprint density at radius 1 is 1.02 bits per heavy atom. The van der Waals surface area contributed by atoms with Crippen LogP contribution in [0.3, 0.4) is 0 Å². The number of aryl methyl sites for hydroxylation is 1. The van der Waals surface area contributed by atoms with Crippen molar-refractivity contribution < 1.29 is 18.7 Å². The Balaban J connectivity index is 0.939. The molecule has 258 valence electrons. The summed E-state index contributed by atoms with van der Waals surface area (Å²) in [5, 5.41) is 3.06. The molecule has 12 heteroatoms. The number of pyridine rings is 2. The van der Waals surface area contributed by atoms with Gasteiger partial charge in [-0.3, -0.25) is 4.98 Å². The number of nitrogens with one attached hydrogen (secondary N) is 2. The third kappa shape index (κ3) is 5.82. The molecule has 6 aromatic rings. The van der Waals surface area contributed by atoms with Gasteiger partial charge in [0.25, 0.3) is 0 Å². The van der Waals surface area contributed by atoms with Crippen LogP contribution in [0.4, 0.5) is 15.8 Å². The van der Waals surface area contributed by atoms with Crippen LogP contribution in [-0.4, -0.2) is 60.4 Å². The first-order valence-corrected chi connectivity index (χ1v) is 21.9. The van der Waals surface area contributed by atoms with Crippen LogP contribution in [0.5, 0.6) is 0 Å². The second-order valence-corrected chi connectivity index (χ2v) is 19.6. The van der Waals surface area contributed by atoms with Gasteiger partial charge in [-0.05, 0) is 18.2 Å². The summed E-state index contributed by atoms with van der Waals surface area (Å²) in [5.74, 6) is -0.254. The molecule has 0 aliphatic carbocycles. The molecule has 2 fully saturated rings. The molecule has 2 saturated heterocycles. The number of alkyl halides is 2. The molecule has 0 bridgehead atoms. The molecule has 9 nitrogen and oxygen atoms in total. The third-order valence-corrected chi connectivity index (χ3v) is 18.6. The maximum atomic E-state index is 16.1. The zero-order valence-electron chi connectivity index (χ0n) is 27.8. The normalized spacial score (nSPS) is 17.1. The number of H-pyrrole nitrogens is 1. The van der Waals surface area contributed by atoms with E-state index in [0.29, 0.717) is 61.2 Å². The fourth-order valence-electron chi connectivity index (χ4n) is 7.24. The zero-order valence-corrected chi connectivity index (χ0v) is 30.8. The number of carbonyl (C=O) groups excluding carboxylic acids is 2. The number of para-hydroxylation sites is 2. The number of benzene rings is 2. The van der Waals surface area contributed by atoms with E-state index >= 15 is 4.39 Å². The summed E-state index contributed by atoms with van der Waals surface area (Å²) in [4.78, 5) is 47.8. The van der Waals surface area contributed by atoms with E-state index in [-0.39, 0.29) is 24.2 Å². The third-order valence-electron chi connectivity index (χ3n) is 9.98. The number of fused-ring (bicyclic) bond motifs is 4. The molecule has 9 rings (SSSR count). The van der Waals surface area contributed by atoms with Crippen LogP contribution in [0.25, 0.3) is 32.3 Å². The van der Waals surface area contributed by atoms with Gasteiger partial charge in [-0.25, -0.2) is 9.37 Å². The van der Waals surface area contributed by atoms with Crippen LogP contribution in [0.15, 0.2) is 79.1 Å². The van der Waals surface area contributed by atoms with Crippen molar-refractivity contribution in [1.29, 1.82) is 0 Å². The molecular formula is C39H34FIN6O3S. The van der Waals surface area contributed by atoms with Crippen molar-refractivity contribution in [1.82, 2.24) is 19.9 Å². The second kappa shape index (κ2) is 12.9. The number of aromatic nitrogens is 4. The fraction of sp³-hybridized carbons (Fsp3) is 0.256. The van der Waals surface area contributed by atoms with E-state index in [2.05, 4.69) is 20.3 Å². The maximum absolute atomic E-state index is 16.1. The summed E-state index contributed by atoms with van der Waals surface area (Å²) >= 11 is -0.255. The molecular weight excluding hydrogens is 778 g/mol. The summed E-state index contributed by atoms with van der Waals surface area (Å²) in [6.45, 7) is 3.90. The van der Waals surface area contributed by atoms with Crippen molar-refractivity contribution in [3.05, 3.63) is 111 Å². The standard InChI is InChI=1S/C39H34FIN6O3S/c1-23-19-27(35(43-20-23)41-21-39(22-41)13-17-50-18-14-39)37(48)44-25-10-8-24(9-11-25)38(49)47-16-12-26-31(40)34(36-45-28-5-2-3-6-29(28)46-36)51-33(26)32-30(47)7-4-15-42-32/h2-11,15,19-20H,12-14,16-18,21-22H2,1H3,(H,44,48)(H,45,46). The zero-order chi connectivity index (χ0) is 34.7. The SMILES string of the molecule is Cc1cnc(I2CC3(CCOCC3)C2)c(C(=O)Nc2ccc(C(=O)N3CCc4c(sc(-c5nc6ccccc6[nH]5)c4F)-c4ncccc43)cc2)c1. The molecule has 0 radical (unpaired) electrons. The average Bonchev–Trinajstić information content (AvgIpc) is 3.67. The average molecular weight is 813 g/mol. The van der Waals surface area contributed by atoms with Crippen LogP contribution >= 0.6 is 31.2 Å². The van der Waals surface area contributed by atoms with Gasteiger partial charge in [-0.2, -0.15) is 0 Å². The topological polar surface area (TPSA) is 113 Å². The van der Waals surface area contributed by atoms with Gasteiger partial charge >= 0.3 is 201 Å². The first-order valence-electron chi connectivity index (χ1n) is 17.0. The minimum absolute atomic E-state index is 0.173. The summed E-state index contributed by atoms with van der Waals surface area (Å²) in [6, 6.07) is 20.2. The molecule has 3 aliphatic rings. The molecule has 2 amide bonds. The van der Waals surface area contributed by atoms with Crippen LogP contribution in [0, 0.1) is 21.9 Å². The Bertz CT molecular complexity index is 2290. The van der Waals surface area contributed by atoms with Crippen LogP contribution in [-0.2, 0) is 11.2 Å². The predicted molar refractivity (Wildman–Crippen MR) is 206 cm³/mol. The molecule has 7 heterocycles. The summed E-state index contributed by atoms with van der Waals surface area (Å²) < 4.78 is 25.1. The van der Waals surface area contributed by atoms with Gasteiger partial charge in [0.2, 0.25) is 0 Å². The van der Waals surface area contributed by atoms with E-state index in [1.54, 1.807) is 41.4 Å². The fourth-order valence-corrected chi connectivity index (χ4v) is 16.1. The Labute approximate surface area is 305 Å². The van der Waals surface area contributed by atoms with Gasteiger partial charge in [0, 0.05) is 11.8 Å². The van der Waals surface area contributed by atoms with Crippen molar-refractivity contribution in [3.63, 3.8) is 0 Å². The number of nitrogens with zero attached hydrogens (tertiary/aromatic N) is 4. The van der Waals surface area contributed by atoms with Crippen LogP contribution in [0.2, 0.25) is 0 Å². The van der Waals surface area contributed by atoms with Crippen LogP contribution < -0.4 is 10.2 Å². The monoisotopic (exact) mass is 812 g/mol. The first kappa shape index (κ1) is 32.4. The van der Waals surface area contributed by atoms with Gasteiger partial charge in [0.05, 0.1) is 15.9 Å². The molecule has 0 saturated carbocycles. The Morgan fingerprint density at radius 2 is 1.82 bits per heavy atom. The molecule has 2 N–H and O–H groups in total. The van der Waals surface area contributed by atoms with Crippen molar-refractivity contribution in [2.75, 3.05) is 38.8 Å². The number of rotatable bonds is 5. The van der Waals surface area contributed by atoms with Gasteiger partial charge in [-0.15, -0.1) is 11.3 Å². The summed E-state index contributed by atoms with van der Waals surface area (Å²) in [6.07, 6.45) is 6.08. The quantitative estimate of drug-likeness (QED) is 0.103.